The molecule has 4 rings (SSSR count). The van der Waals surface area contributed by atoms with E-state index >= 15 is 0 Å². The van der Waals surface area contributed by atoms with Crippen LogP contribution in [0.5, 0.6) is 11.5 Å². The van der Waals surface area contributed by atoms with Crippen molar-refractivity contribution < 1.29 is 31.8 Å². The highest BCUT2D eigenvalue weighted by Gasteiger charge is 2.36. The summed E-state index contributed by atoms with van der Waals surface area (Å²) in [4.78, 5) is 16.5. The van der Waals surface area contributed by atoms with Gasteiger partial charge in [-0.1, -0.05) is 6.07 Å². The SMILES string of the molecule is O=C(/C=C(/c1ccc2c(c1)OCCO2)C(F)(F)F)Nc1nc(-c2ccc(F)cc2)cs1. The molecule has 1 aromatic heterocycles. The summed E-state index contributed by atoms with van der Waals surface area (Å²) < 4.78 is 64.6. The van der Waals surface area contributed by atoms with Crippen LogP contribution < -0.4 is 14.8 Å². The summed E-state index contributed by atoms with van der Waals surface area (Å²) in [6.45, 7) is 0.535. The van der Waals surface area contributed by atoms with E-state index in [1.807, 2.05) is 0 Å². The van der Waals surface area contributed by atoms with Gasteiger partial charge in [-0.05, 0) is 42.0 Å². The first-order valence-corrected chi connectivity index (χ1v) is 9.89. The lowest BCUT2D eigenvalue weighted by Gasteiger charge is -2.20. The van der Waals surface area contributed by atoms with Gasteiger partial charge in [0.05, 0.1) is 11.3 Å². The van der Waals surface area contributed by atoms with Gasteiger partial charge >= 0.3 is 6.18 Å². The lowest BCUT2D eigenvalue weighted by Crippen LogP contribution is -2.18. The van der Waals surface area contributed by atoms with Crippen LogP contribution in [-0.2, 0) is 4.79 Å². The molecule has 0 saturated carbocycles. The Hall–Kier alpha value is -3.40. The van der Waals surface area contributed by atoms with Gasteiger partial charge in [0, 0.05) is 17.0 Å². The molecule has 0 unspecified atom stereocenters. The minimum absolute atomic E-state index is 0.115. The number of thiazole rings is 1. The molecule has 1 aliphatic heterocycles. The molecule has 0 spiro atoms. The summed E-state index contributed by atoms with van der Waals surface area (Å²) in [5.41, 5.74) is -0.275. The van der Waals surface area contributed by atoms with Crippen LogP contribution in [0.4, 0.5) is 22.7 Å². The molecule has 0 saturated heterocycles. The number of anilines is 1. The van der Waals surface area contributed by atoms with Gasteiger partial charge in [0.25, 0.3) is 5.91 Å². The molecule has 3 aromatic rings. The number of hydrogen-bond donors (Lipinski definition) is 1. The number of amides is 1. The average Bonchev–Trinajstić information content (AvgIpc) is 3.19. The second-order valence-corrected chi connectivity index (χ2v) is 7.31. The molecule has 5 nitrogen and oxygen atoms in total. The second kappa shape index (κ2) is 8.38. The van der Waals surface area contributed by atoms with Crippen molar-refractivity contribution in [2.75, 3.05) is 18.5 Å². The van der Waals surface area contributed by atoms with E-state index in [-0.39, 0.29) is 23.1 Å². The van der Waals surface area contributed by atoms with Crippen LogP contribution in [0.3, 0.4) is 0 Å². The third kappa shape index (κ3) is 4.85. The zero-order valence-corrected chi connectivity index (χ0v) is 16.5. The van der Waals surface area contributed by atoms with Crippen LogP contribution in [0.15, 0.2) is 53.9 Å². The summed E-state index contributed by atoms with van der Waals surface area (Å²) in [5, 5.41) is 4.06. The number of carbonyl (C=O) groups excluding carboxylic acids is 1. The zero-order valence-electron chi connectivity index (χ0n) is 15.7. The largest absolute Gasteiger partial charge is 0.486 e. The third-order valence-corrected chi connectivity index (χ3v) is 5.07. The number of nitrogens with zero attached hydrogens (tertiary/aromatic N) is 1. The molecule has 1 aliphatic rings. The molecule has 2 heterocycles. The van der Waals surface area contributed by atoms with E-state index in [2.05, 4.69) is 10.3 Å². The summed E-state index contributed by atoms with van der Waals surface area (Å²) in [6, 6.07) is 9.33. The summed E-state index contributed by atoms with van der Waals surface area (Å²) >= 11 is 1.04. The molecular formula is C21H14F4N2O3S. The van der Waals surface area contributed by atoms with E-state index in [4.69, 9.17) is 9.47 Å². The normalized spacial score (nSPS) is 13.7. The molecule has 0 atom stereocenters. The maximum Gasteiger partial charge on any atom is 0.417 e. The van der Waals surface area contributed by atoms with Gasteiger partial charge in [0.1, 0.15) is 19.0 Å². The van der Waals surface area contributed by atoms with Gasteiger partial charge in [-0.15, -0.1) is 11.3 Å². The molecule has 0 fully saturated rings. The minimum atomic E-state index is -4.77. The Morgan fingerprint density at radius 2 is 1.77 bits per heavy atom. The Labute approximate surface area is 178 Å². The van der Waals surface area contributed by atoms with Crippen molar-refractivity contribution in [1.29, 1.82) is 0 Å². The van der Waals surface area contributed by atoms with Crippen molar-refractivity contribution in [2.24, 2.45) is 0 Å². The predicted octanol–water partition coefficient (Wildman–Crippen LogP) is 5.30. The highest BCUT2D eigenvalue weighted by Crippen LogP contribution is 2.39. The lowest BCUT2D eigenvalue weighted by atomic mass is 10.0. The fraction of sp³-hybridized carbons (Fsp3) is 0.143. The minimum Gasteiger partial charge on any atom is -0.486 e. The number of fused-ring (bicyclic) bond motifs is 1. The maximum absolute atomic E-state index is 13.6. The maximum atomic E-state index is 13.6. The molecule has 10 heteroatoms. The fourth-order valence-electron chi connectivity index (χ4n) is 2.90. The van der Waals surface area contributed by atoms with Crippen molar-refractivity contribution >= 4 is 27.9 Å². The smallest absolute Gasteiger partial charge is 0.417 e. The number of rotatable bonds is 4. The van der Waals surface area contributed by atoms with Gasteiger partial charge in [-0.25, -0.2) is 9.37 Å². The van der Waals surface area contributed by atoms with Crippen LogP contribution in [0.25, 0.3) is 16.8 Å². The van der Waals surface area contributed by atoms with Crippen LogP contribution in [-0.4, -0.2) is 30.3 Å². The Morgan fingerprint density at radius 1 is 1.06 bits per heavy atom. The highest BCUT2D eigenvalue weighted by atomic mass is 32.1. The Balaban J connectivity index is 1.56. The number of alkyl halides is 3. The van der Waals surface area contributed by atoms with Crippen LogP contribution in [0.1, 0.15) is 5.56 Å². The van der Waals surface area contributed by atoms with Crippen molar-refractivity contribution in [2.45, 2.75) is 6.18 Å². The van der Waals surface area contributed by atoms with Crippen molar-refractivity contribution in [3.63, 3.8) is 0 Å². The standard InChI is InChI=1S/C21H14F4N2O3S/c22-14-4-1-12(2-5-14)16-11-31-20(26-16)27-19(28)10-15(21(23,24)25)13-3-6-17-18(9-13)30-8-7-29-17/h1-6,9-11H,7-8H2,(H,26,27,28)/b15-10-. The molecular weight excluding hydrogens is 436 g/mol. The van der Waals surface area contributed by atoms with Gasteiger partial charge in [-0.2, -0.15) is 13.2 Å². The molecule has 1 N–H and O–H groups in total. The first-order chi connectivity index (χ1) is 14.8. The zero-order chi connectivity index (χ0) is 22.0. The number of allylic oxidation sites excluding steroid dienone is 1. The quantitative estimate of drug-likeness (QED) is 0.433. The highest BCUT2D eigenvalue weighted by molar-refractivity contribution is 7.14. The van der Waals surface area contributed by atoms with Gasteiger partial charge < -0.3 is 9.47 Å². The first kappa shape index (κ1) is 20.9. The number of carbonyl (C=O) groups is 1. The molecule has 0 aliphatic carbocycles. The molecule has 0 radical (unpaired) electrons. The van der Waals surface area contributed by atoms with E-state index in [1.165, 1.54) is 42.5 Å². The van der Waals surface area contributed by atoms with Gasteiger partial charge in [0.2, 0.25) is 0 Å². The summed E-state index contributed by atoms with van der Waals surface area (Å²) in [6.07, 6.45) is -4.30. The Morgan fingerprint density at radius 3 is 2.48 bits per heavy atom. The number of benzene rings is 2. The molecule has 1 amide bonds. The predicted molar refractivity (Wildman–Crippen MR) is 108 cm³/mol. The van der Waals surface area contributed by atoms with E-state index < -0.39 is 23.5 Å². The van der Waals surface area contributed by atoms with E-state index in [1.54, 1.807) is 5.38 Å². The topological polar surface area (TPSA) is 60.5 Å². The van der Waals surface area contributed by atoms with Crippen LogP contribution in [0, 0.1) is 5.82 Å². The van der Waals surface area contributed by atoms with Crippen molar-refractivity contribution in [1.82, 2.24) is 4.98 Å². The van der Waals surface area contributed by atoms with Crippen molar-refractivity contribution in [3.05, 3.63) is 65.3 Å². The number of nitrogens with one attached hydrogen (secondary N) is 1. The number of hydrogen-bond acceptors (Lipinski definition) is 5. The van der Waals surface area contributed by atoms with Crippen LogP contribution >= 0.6 is 11.3 Å². The van der Waals surface area contributed by atoms with Gasteiger partial charge in [-0.3, -0.25) is 10.1 Å². The number of halogens is 4. The fourth-order valence-corrected chi connectivity index (χ4v) is 3.62. The first-order valence-electron chi connectivity index (χ1n) is 9.01. The van der Waals surface area contributed by atoms with Crippen LogP contribution in [0.2, 0.25) is 0 Å². The summed E-state index contributed by atoms with van der Waals surface area (Å²) in [5.74, 6) is -0.862. The second-order valence-electron chi connectivity index (χ2n) is 6.45. The number of aromatic nitrogens is 1. The molecule has 31 heavy (non-hydrogen) atoms. The van der Waals surface area contributed by atoms with E-state index in [9.17, 15) is 22.4 Å². The average molecular weight is 450 g/mol. The molecule has 160 valence electrons. The lowest BCUT2D eigenvalue weighted by molar-refractivity contribution is -0.112. The third-order valence-electron chi connectivity index (χ3n) is 4.31. The Kier molecular flexibility index (Phi) is 5.64. The van der Waals surface area contributed by atoms with Crippen molar-refractivity contribution in [3.8, 4) is 22.8 Å². The van der Waals surface area contributed by atoms with Gasteiger partial charge in [0.15, 0.2) is 16.6 Å². The number of ether oxygens (including phenoxy) is 2. The Bertz CT molecular complexity index is 1140. The van der Waals surface area contributed by atoms with E-state index in [0.717, 1.165) is 11.3 Å². The molecule has 2 aromatic carbocycles. The van der Waals surface area contributed by atoms with E-state index in [0.29, 0.717) is 29.7 Å². The summed E-state index contributed by atoms with van der Waals surface area (Å²) in [7, 11) is 0. The molecule has 0 bridgehead atoms. The monoisotopic (exact) mass is 450 g/mol.